The molecule has 4 unspecified atom stereocenters. The third kappa shape index (κ3) is 2.48. The van der Waals surface area contributed by atoms with Gasteiger partial charge < -0.3 is 9.47 Å². The summed E-state index contributed by atoms with van der Waals surface area (Å²) in [6.07, 6.45) is 3.67. The number of hydrogen-bond donors (Lipinski definition) is 0. The Morgan fingerprint density at radius 1 is 0.846 bits per heavy atom. The summed E-state index contributed by atoms with van der Waals surface area (Å²) in [6, 6.07) is 20.9. The molecule has 0 aliphatic heterocycles. The van der Waals surface area contributed by atoms with Gasteiger partial charge in [0.15, 0.2) is 5.79 Å². The average molecular weight is 347 g/mol. The number of nitrogens with zero attached hydrogens (tertiary/aromatic N) is 1. The van der Waals surface area contributed by atoms with Crippen molar-refractivity contribution in [3.63, 3.8) is 0 Å². The summed E-state index contributed by atoms with van der Waals surface area (Å²) >= 11 is 0. The lowest BCUT2D eigenvalue weighted by Gasteiger charge is -2.40. The fourth-order valence-electron chi connectivity index (χ4n) is 5.61. The molecule has 3 nitrogen and oxygen atoms in total. The van der Waals surface area contributed by atoms with Gasteiger partial charge >= 0.3 is 0 Å². The van der Waals surface area contributed by atoms with Crippen molar-refractivity contribution in [2.45, 2.75) is 36.9 Å². The van der Waals surface area contributed by atoms with Gasteiger partial charge in [-0.05, 0) is 47.9 Å². The third-order valence-corrected chi connectivity index (χ3v) is 6.54. The maximum absolute atomic E-state index is 9.13. The highest BCUT2D eigenvalue weighted by Gasteiger charge is 2.63. The van der Waals surface area contributed by atoms with E-state index in [4.69, 9.17) is 14.7 Å². The van der Waals surface area contributed by atoms with Crippen molar-refractivity contribution < 1.29 is 9.47 Å². The van der Waals surface area contributed by atoms with Gasteiger partial charge in [-0.1, -0.05) is 48.9 Å². The van der Waals surface area contributed by atoms with Crippen LogP contribution in [0, 0.1) is 23.2 Å². The standard InChI is InChI=1S/C23H25NO2/c1-25-23(26-2)21(17-7-4-3-5-8-17)19-9-6-10-20(19)22(23)18-13-11-16(15-24)12-14-18/h3-5,7-8,11-14,19-22H,6,9-10H2,1-2H3. The Kier molecular flexibility index (Phi) is 4.56. The molecule has 0 aromatic heterocycles. The second kappa shape index (κ2) is 6.87. The summed E-state index contributed by atoms with van der Waals surface area (Å²) in [5, 5.41) is 9.13. The molecule has 0 spiro atoms. The first-order chi connectivity index (χ1) is 12.7. The van der Waals surface area contributed by atoms with Crippen molar-refractivity contribution >= 4 is 0 Å². The van der Waals surface area contributed by atoms with E-state index in [2.05, 4.69) is 48.5 Å². The van der Waals surface area contributed by atoms with Gasteiger partial charge in [0.05, 0.1) is 11.6 Å². The maximum atomic E-state index is 9.13. The van der Waals surface area contributed by atoms with E-state index in [9.17, 15) is 0 Å². The van der Waals surface area contributed by atoms with Crippen molar-refractivity contribution in [3.05, 3.63) is 71.3 Å². The normalized spacial score (nSPS) is 29.3. The SMILES string of the molecule is COC1(OC)C(c2ccccc2)C2CCCC2C1c1ccc(C#N)cc1. The van der Waals surface area contributed by atoms with Crippen LogP contribution in [0.3, 0.4) is 0 Å². The Morgan fingerprint density at radius 2 is 1.38 bits per heavy atom. The van der Waals surface area contributed by atoms with Crippen LogP contribution in [-0.4, -0.2) is 20.0 Å². The van der Waals surface area contributed by atoms with Crippen LogP contribution in [0.25, 0.3) is 0 Å². The van der Waals surface area contributed by atoms with Crippen molar-refractivity contribution in [1.82, 2.24) is 0 Å². The molecule has 0 bridgehead atoms. The Hall–Kier alpha value is -2.15. The summed E-state index contributed by atoms with van der Waals surface area (Å²) in [6.45, 7) is 0. The van der Waals surface area contributed by atoms with E-state index < -0.39 is 5.79 Å². The van der Waals surface area contributed by atoms with Crippen molar-refractivity contribution in [1.29, 1.82) is 5.26 Å². The summed E-state index contributed by atoms with van der Waals surface area (Å²) in [7, 11) is 3.55. The highest BCUT2D eigenvalue weighted by atomic mass is 16.7. The Morgan fingerprint density at radius 3 is 1.88 bits per heavy atom. The van der Waals surface area contributed by atoms with Crippen LogP contribution in [0.2, 0.25) is 0 Å². The first kappa shape index (κ1) is 17.3. The molecule has 4 atom stereocenters. The summed E-state index contributed by atoms with van der Waals surface area (Å²) in [4.78, 5) is 0. The summed E-state index contributed by atoms with van der Waals surface area (Å²) < 4.78 is 12.4. The van der Waals surface area contributed by atoms with Crippen LogP contribution in [-0.2, 0) is 9.47 Å². The number of benzene rings is 2. The van der Waals surface area contributed by atoms with E-state index in [1.54, 1.807) is 14.2 Å². The predicted molar refractivity (Wildman–Crippen MR) is 101 cm³/mol. The van der Waals surface area contributed by atoms with Crippen LogP contribution in [0.4, 0.5) is 0 Å². The molecular formula is C23H25NO2. The lowest BCUT2D eigenvalue weighted by Crippen LogP contribution is -2.43. The second-order valence-electron chi connectivity index (χ2n) is 7.49. The number of hydrogen-bond acceptors (Lipinski definition) is 3. The second-order valence-corrected chi connectivity index (χ2v) is 7.49. The van der Waals surface area contributed by atoms with Gasteiger partial charge in [0, 0.05) is 26.1 Å². The first-order valence-corrected chi connectivity index (χ1v) is 9.40. The smallest absolute Gasteiger partial charge is 0.181 e. The molecule has 2 aromatic rings. The number of fused-ring (bicyclic) bond motifs is 1. The van der Waals surface area contributed by atoms with Gasteiger partial charge in [-0.25, -0.2) is 0 Å². The van der Waals surface area contributed by atoms with Gasteiger partial charge in [-0.15, -0.1) is 0 Å². The first-order valence-electron chi connectivity index (χ1n) is 9.40. The molecule has 134 valence electrons. The molecule has 0 radical (unpaired) electrons. The summed E-state index contributed by atoms with van der Waals surface area (Å²) in [5.74, 6) is 0.798. The molecule has 0 N–H and O–H groups in total. The van der Waals surface area contributed by atoms with Crippen molar-refractivity contribution in [2.24, 2.45) is 11.8 Å². The van der Waals surface area contributed by atoms with Crippen LogP contribution >= 0.6 is 0 Å². The zero-order valence-electron chi connectivity index (χ0n) is 15.4. The van der Waals surface area contributed by atoms with Gasteiger partial charge in [0.2, 0.25) is 0 Å². The van der Waals surface area contributed by atoms with Gasteiger partial charge in [0.1, 0.15) is 0 Å². The molecule has 0 heterocycles. The molecule has 0 saturated heterocycles. The largest absolute Gasteiger partial charge is 0.352 e. The lowest BCUT2D eigenvalue weighted by atomic mass is 9.82. The number of methoxy groups -OCH3 is 2. The van der Waals surface area contributed by atoms with Crippen LogP contribution < -0.4 is 0 Å². The van der Waals surface area contributed by atoms with Gasteiger partial charge in [-0.2, -0.15) is 5.26 Å². The van der Waals surface area contributed by atoms with E-state index in [0.717, 1.165) is 0 Å². The van der Waals surface area contributed by atoms with Crippen LogP contribution in [0.1, 0.15) is 47.8 Å². The number of ether oxygens (including phenoxy) is 2. The molecule has 2 saturated carbocycles. The van der Waals surface area contributed by atoms with Crippen LogP contribution in [0.15, 0.2) is 54.6 Å². The monoisotopic (exact) mass is 347 g/mol. The molecule has 2 fully saturated rings. The lowest BCUT2D eigenvalue weighted by molar-refractivity contribution is -0.226. The zero-order valence-corrected chi connectivity index (χ0v) is 15.4. The van der Waals surface area contributed by atoms with Gasteiger partial charge in [-0.3, -0.25) is 0 Å². The molecule has 0 amide bonds. The fourth-order valence-corrected chi connectivity index (χ4v) is 5.61. The summed E-state index contributed by atoms with van der Waals surface area (Å²) in [5.41, 5.74) is 3.20. The third-order valence-electron chi connectivity index (χ3n) is 6.54. The molecule has 3 heteroatoms. The Balaban J connectivity index is 1.85. The van der Waals surface area contributed by atoms with E-state index in [1.807, 2.05) is 12.1 Å². The minimum atomic E-state index is -0.675. The Bertz CT molecular complexity index is 789. The van der Waals surface area contributed by atoms with Crippen molar-refractivity contribution in [2.75, 3.05) is 14.2 Å². The molecule has 26 heavy (non-hydrogen) atoms. The zero-order chi connectivity index (χ0) is 18.1. The number of nitriles is 1. The average Bonchev–Trinajstić information content (AvgIpc) is 3.26. The Labute approximate surface area is 155 Å². The van der Waals surface area contributed by atoms with Gasteiger partial charge in [0.25, 0.3) is 0 Å². The van der Waals surface area contributed by atoms with E-state index in [1.165, 1.54) is 30.4 Å². The maximum Gasteiger partial charge on any atom is 0.181 e. The highest BCUT2D eigenvalue weighted by Crippen LogP contribution is 2.64. The van der Waals surface area contributed by atoms with E-state index >= 15 is 0 Å². The quantitative estimate of drug-likeness (QED) is 0.743. The minimum absolute atomic E-state index is 0.169. The molecule has 4 rings (SSSR count). The minimum Gasteiger partial charge on any atom is -0.352 e. The van der Waals surface area contributed by atoms with Crippen molar-refractivity contribution in [3.8, 4) is 6.07 Å². The molecule has 2 aliphatic rings. The van der Waals surface area contributed by atoms with Crippen LogP contribution in [0.5, 0.6) is 0 Å². The fraction of sp³-hybridized carbons (Fsp3) is 0.435. The number of rotatable bonds is 4. The molecule has 2 aliphatic carbocycles. The van der Waals surface area contributed by atoms with E-state index in [-0.39, 0.29) is 11.8 Å². The highest BCUT2D eigenvalue weighted by molar-refractivity contribution is 5.38. The van der Waals surface area contributed by atoms with E-state index in [0.29, 0.717) is 17.4 Å². The molecular weight excluding hydrogens is 322 g/mol. The topological polar surface area (TPSA) is 42.2 Å². The predicted octanol–water partition coefficient (Wildman–Crippen LogP) is 4.84. The molecule has 2 aromatic carbocycles.